The number of hydrogen-bond acceptors (Lipinski definition) is 4. The van der Waals surface area contributed by atoms with Crippen LogP contribution in [-0.2, 0) is 16.8 Å². The van der Waals surface area contributed by atoms with Crippen LogP contribution in [0.2, 0.25) is 0 Å². The summed E-state index contributed by atoms with van der Waals surface area (Å²) in [6.45, 7) is 2.13. The van der Waals surface area contributed by atoms with Crippen molar-refractivity contribution in [1.82, 2.24) is 10.9 Å². The lowest BCUT2D eigenvalue weighted by Crippen LogP contribution is -2.51. The first-order valence-corrected chi connectivity index (χ1v) is 11.5. The average molecular weight is 443 g/mol. The zero-order valence-corrected chi connectivity index (χ0v) is 18.7. The highest BCUT2D eigenvalue weighted by molar-refractivity contribution is 7.12. The first-order chi connectivity index (χ1) is 15.6. The van der Waals surface area contributed by atoms with Crippen LogP contribution in [-0.4, -0.2) is 11.0 Å². The molecular formula is C27H26N2O2S. The molecule has 0 fully saturated rings. The highest BCUT2D eigenvalue weighted by atomic mass is 32.1. The molecule has 32 heavy (non-hydrogen) atoms. The Morgan fingerprint density at radius 1 is 0.844 bits per heavy atom. The molecule has 0 bridgehead atoms. The quantitative estimate of drug-likeness (QED) is 0.338. The first kappa shape index (κ1) is 22.0. The number of thiophene rings is 1. The summed E-state index contributed by atoms with van der Waals surface area (Å²) in [6, 6.07) is 31.9. The Labute approximate surface area is 192 Å². The number of aryl methyl sites for hydroxylation is 1. The van der Waals surface area contributed by atoms with Crippen molar-refractivity contribution in [2.75, 3.05) is 0 Å². The predicted octanol–water partition coefficient (Wildman–Crippen LogP) is 4.96. The Hall–Kier alpha value is -3.25. The van der Waals surface area contributed by atoms with E-state index in [0.29, 0.717) is 11.1 Å². The second kappa shape index (κ2) is 9.92. The number of hydrazine groups is 1. The fraction of sp³-hybridized carbons (Fsp3) is 0.148. The van der Waals surface area contributed by atoms with Crippen molar-refractivity contribution < 1.29 is 9.90 Å². The minimum Gasteiger partial charge on any atom is -0.372 e. The van der Waals surface area contributed by atoms with E-state index in [4.69, 9.17) is 0 Å². The van der Waals surface area contributed by atoms with E-state index in [1.165, 1.54) is 4.88 Å². The summed E-state index contributed by atoms with van der Waals surface area (Å²) in [5.41, 5.74) is 6.20. The average Bonchev–Trinajstić information content (AvgIpc) is 3.34. The van der Waals surface area contributed by atoms with E-state index in [-0.39, 0.29) is 6.04 Å². The van der Waals surface area contributed by atoms with Crippen LogP contribution < -0.4 is 10.9 Å². The molecule has 4 nitrogen and oxygen atoms in total. The zero-order chi connectivity index (χ0) is 22.4. The third-order valence-corrected chi connectivity index (χ3v) is 6.78. The van der Waals surface area contributed by atoms with Crippen molar-refractivity contribution in [3.8, 4) is 0 Å². The summed E-state index contributed by atoms with van der Waals surface area (Å²) in [7, 11) is 0. The highest BCUT2D eigenvalue weighted by Gasteiger charge is 2.40. The molecule has 0 aliphatic rings. The lowest BCUT2D eigenvalue weighted by molar-refractivity contribution is -0.138. The Bertz CT molecular complexity index is 1100. The van der Waals surface area contributed by atoms with Gasteiger partial charge in [0.05, 0.1) is 6.04 Å². The van der Waals surface area contributed by atoms with Gasteiger partial charge in [0.15, 0.2) is 5.60 Å². The van der Waals surface area contributed by atoms with Crippen LogP contribution in [0.5, 0.6) is 0 Å². The Morgan fingerprint density at radius 3 is 1.88 bits per heavy atom. The minimum absolute atomic E-state index is 0.235. The topological polar surface area (TPSA) is 61.4 Å². The maximum atomic E-state index is 13.5. The van der Waals surface area contributed by atoms with Gasteiger partial charge in [0, 0.05) is 9.75 Å². The van der Waals surface area contributed by atoms with Crippen LogP contribution in [0.4, 0.5) is 0 Å². The van der Waals surface area contributed by atoms with Gasteiger partial charge in [-0.3, -0.25) is 10.2 Å². The zero-order valence-electron chi connectivity index (χ0n) is 17.9. The molecule has 0 saturated heterocycles. The highest BCUT2D eigenvalue weighted by Crippen LogP contribution is 2.31. The van der Waals surface area contributed by atoms with Crippen molar-refractivity contribution in [3.63, 3.8) is 0 Å². The normalized spacial score (nSPS) is 12.3. The summed E-state index contributed by atoms with van der Waals surface area (Å²) < 4.78 is 0. The molecule has 162 valence electrons. The van der Waals surface area contributed by atoms with Gasteiger partial charge in [-0.05, 0) is 35.2 Å². The van der Waals surface area contributed by atoms with E-state index < -0.39 is 11.5 Å². The van der Waals surface area contributed by atoms with Gasteiger partial charge in [-0.15, -0.1) is 11.3 Å². The first-order valence-electron chi connectivity index (χ1n) is 10.7. The van der Waals surface area contributed by atoms with E-state index in [1.54, 1.807) is 35.6 Å². The third-order valence-electron chi connectivity index (χ3n) is 5.49. The molecule has 0 aliphatic heterocycles. The third kappa shape index (κ3) is 4.50. The number of carbonyl (C=O) groups excluding carboxylic acids is 1. The summed E-state index contributed by atoms with van der Waals surface area (Å²) in [5, 5.41) is 11.7. The van der Waals surface area contributed by atoms with Gasteiger partial charge >= 0.3 is 0 Å². The SMILES string of the molecule is CCc1ccc([C@H](NNC(=O)C(O)(c2ccccc2)c2ccccc2)c2ccccc2)s1. The standard InChI is InChI=1S/C27H26N2O2S/c1-2-23-18-19-24(32-23)25(20-12-6-3-7-13-20)28-29-26(30)27(31,21-14-8-4-9-15-21)22-16-10-5-11-17-22/h3-19,25,28,31H,2H2,1H3,(H,29,30)/t25-/m1/s1. The molecule has 4 aromatic rings. The van der Waals surface area contributed by atoms with Gasteiger partial charge in [-0.25, -0.2) is 5.43 Å². The molecule has 4 rings (SSSR count). The van der Waals surface area contributed by atoms with Gasteiger partial charge in [0.25, 0.3) is 5.91 Å². The largest absolute Gasteiger partial charge is 0.372 e. The molecule has 1 amide bonds. The molecule has 5 heteroatoms. The number of amides is 1. The maximum Gasteiger partial charge on any atom is 0.275 e. The van der Waals surface area contributed by atoms with Crippen LogP contribution in [0.3, 0.4) is 0 Å². The van der Waals surface area contributed by atoms with Crippen LogP contribution in [0.15, 0.2) is 103 Å². The summed E-state index contributed by atoms with van der Waals surface area (Å²) >= 11 is 1.71. The summed E-state index contributed by atoms with van der Waals surface area (Å²) in [4.78, 5) is 15.8. The molecule has 1 aromatic heterocycles. The van der Waals surface area contributed by atoms with Crippen LogP contribution in [0.25, 0.3) is 0 Å². The van der Waals surface area contributed by atoms with Crippen LogP contribution in [0, 0.1) is 0 Å². The van der Waals surface area contributed by atoms with E-state index in [0.717, 1.165) is 16.9 Å². The number of hydrogen-bond donors (Lipinski definition) is 3. The Morgan fingerprint density at radius 2 is 1.38 bits per heavy atom. The van der Waals surface area contributed by atoms with Crippen LogP contribution in [0.1, 0.15) is 39.4 Å². The summed E-state index contributed by atoms with van der Waals surface area (Å²) in [6.07, 6.45) is 0.959. The van der Waals surface area contributed by atoms with Gasteiger partial charge in [0.2, 0.25) is 0 Å². The van der Waals surface area contributed by atoms with Gasteiger partial charge in [-0.1, -0.05) is 97.9 Å². The fourth-order valence-electron chi connectivity index (χ4n) is 3.72. The number of rotatable bonds is 8. The number of nitrogens with one attached hydrogen (secondary N) is 2. The molecule has 0 spiro atoms. The summed E-state index contributed by atoms with van der Waals surface area (Å²) in [5.74, 6) is -0.539. The second-order valence-corrected chi connectivity index (χ2v) is 8.74. The molecule has 0 radical (unpaired) electrons. The van der Waals surface area contributed by atoms with Crippen molar-refractivity contribution in [2.45, 2.75) is 25.0 Å². The van der Waals surface area contributed by atoms with Gasteiger partial charge in [-0.2, -0.15) is 0 Å². The Kier molecular flexibility index (Phi) is 6.81. The lowest BCUT2D eigenvalue weighted by atomic mass is 9.85. The Balaban J connectivity index is 1.65. The molecule has 0 unspecified atom stereocenters. The van der Waals surface area contributed by atoms with E-state index >= 15 is 0 Å². The van der Waals surface area contributed by atoms with Crippen molar-refractivity contribution in [3.05, 3.63) is 130 Å². The monoisotopic (exact) mass is 442 g/mol. The predicted molar refractivity (Wildman–Crippen MR) is 129 cm³/mol. The number of carbonyl (C=O) groups is 1. The fourth-order valence-corrected chi connectivity index (χ4v) is 4.75. The molecule has 0 saturated carbocycles. The van der Waals surface area contributed by atoms with E-state index in [9.17, 15) is 9.90 Å². The van der Waals surface area contributed by atoms with Gasteiger partial charge < -0.3 is 5.11 Å². The van der Waals surface area contributed by atoms with E-state index in [2.05, 4.69) is 29.9 Å². The molecule has 1 heterocycles. The second-order valence-electron chi connectivity index (χ2n) is 7.54. The number of aliphatic hydroxyl groups is 1. The molecule has 3 N–H and O–H groups in total. The van der Waals surface area contributed by atoms with Gasteiger partial charge in [0.1, 0.15) is 0 Å². The molecule has 0 aliphatic carbocycles. The molecular weight excluding hydrogens is 416 g/mol. The molecule has 3 aromatic carbocycles. The van der Waals surface area contributed by atoms with Crippen LogP contribution >= 0.6 is 11.3 Å². The molecule has 1 atom stereocenters. The van der Waals surface area contributed by atoms with Crippen molar-refractivity contribution >= 4 is 17.2 Å². The lowest BCUT2D eigenvalue weighted by Gasteiger charge is -2.29. The van der Waals surface area contributed by atoms with E-state index in [1.807, 2.05) is 66.7 Å². The maximum absolute atomic E-state index is 13.5. The smallest absolute Gasteiger partial charge is 0.275 e. The van der Waals surface area contributed by atoms with Crippen molar-refractivity contribution in [2.24, 2.45) is 0 Å². The minimum atomic E-state index is -1.83. The van der Waals surface area contributed by atoms with Crippen molar-refractivity contribution in [1.29, 1.82) is 0 Å². The number of benzene rings is 3.